The maximum atomic E-state index is 5.61. The monoisotopic (exact) mass is 344 g/mol. The maximum absolute atomic E-state index is 5.61. The van der Waals surface area contributed by atoms with Crippen LogP contribution in [0.5, 0.6) is 5.75 Å². The Kier molecular flexibility index (Phi) is 4.01. The van der Waals surface area contributed by atoms with Crippen molar-refractivity contribution in [2.45, 2.75) is 13.5 Å². The zero-order valence-electron chi connectivity index (χ0n) is 11.4. The first-order chi connectivity index (χ1) is 10.2. The van der Waals surface area contributed by atoms with Crippen molar-refractivity contribution in [3.63, 3.8) is 0 Å². The van der Waals surface area contributed by atoms with Crippen LogP contribution in [0, 0.1) is 6.92 Å². The van der Waals surface area contributed by atoms with Gasteiger partial charge in [-0.1, -0.05) is 39.7 Å². The van der Waals surface area contributed by atoms with E-state index >= 15 is 0 Å². The third kappa shape index (κ3) is 3.49. The summed E-state index contributed by atoms with van der Waals surface area (Å²) in [6.45, 7) is 2.28. The summed E-state index contributed by atoms with van der Waals surface area (Å²) in [6.07, 6.45) is 0. The Morgan fingerprint density at radius 2 is 1.90 bits per heavy atom. The molecule has 0 saturated carbocycles. The van der Waals surface area contributed by atoms with E-state index < -0.39 is 0 Å². The van der Waals surface area contributed by atoms with Gasteiger partial charge in [-0.25, -0.2) is 0 Å². The van der Waals surface area contributed by atoms with Crippen LogP contribution in [0.2, 0.25) is 0 Å². The molecule has 106 valence electrons. The number of ether oxygens (including phenoxy) is 1. The fourth-order valence-electron chi connectivity index (χ4n) is 1.83. The van der Waals surface area contributed by atoms with E-state index in [-0.39, 0.29) is 6.61 Å². The topological polar surface area (TPSA) is 48.2 Å². The van der Waals surface area contributed by atoms with Gasteiger partial charge in [0, 0.05) is 10.0 Å². The summed E-state index contributed by atoms with van der Waals surface area (Å²) >= 11 is 3.40. The molecule has 1 heterocycles. The SMILES string of the molecule is Cc1ccc(-c2nnc(COc3cccc(Br)c3)o2)cc1. The molecule has 0 saturated heterocycles. The molecule has 0 aliphatic heterocycles. The minimum Gasteiger partial charge on any atom is -0.484 e. The highest BCUT2D eigenvalue weighted by Crippen LogP contribution is 2.21. The molecule has 0 atom stereocenters. The summed E-state index contributed by atoms with van der Waals surface area (Å²) in [6, 6.07) is 15.6. The Morgan fingerprint density at radius 3 is 2.67 bits per heavy atom. The van der Waals surface area contributed by atoms with E-state index in [4.69, 9.17) is 9.15 Å². The molecule has 3 aromatic rings. The molecular formula is C16H13BrN2O2. The van der Waals surface area contributed by atoms with E-state index in [0.717, 1.165) is 15.8 Å². The lowest BCUT2D eigenvalue weighted by atomic mass is 10.1. The molecule has 21 heavy (non-hydrogen) atoms. The summed E-state index contributed by atoms with van der Waals surface area (Å²) in [5.74, 6) is 1.70. The van der Waals surface area contributed by atoms with E-state index in [9.17, 15) is 0 Å². The number of halogens is 1. The lowest BCUT2D eigenvalue weighted by Crippen LogP contribution is -1.95. The van der Waals surface area contributed by atoms with Crippen LogP contribution in [0.3, 0.4) is 0 Å². The van der Waals surface area contributed by atoms with Crippen molar-refractivity contribution in [1.82, 2.24) is 10.2 Å². The molecule has 0 N–H and O–H groups in total. The Balaban J connectivity index is 1.69. The van der Waals surface area contributed by atoms with Crippen molar-refractivity contribution in [2.75, 3.05) is 0 Å². The highest BCUT2D eigenvalue weighted by atomic mass is 79.9. The van der Waals surface area contributed by atoms with Gasteiger partial charge in [0.1, 0.15) is 5.75 Å². The molecule has 0 fully saturated rings. The fourth-order valence-corrected chi connectivity index (χ4v) is 2.20. The highest BCUT2D eigenvalue weighted by Gasteiger charge is 2.09. The van der Waals surface area contributed by atoms with Crippen LogP contribution in [0.25, 0.3) is 11.5 Å². The summed E-state index contributed by atoms with van der Waals surface area (Å²) in [5, 5.41) is 8.04. The summed E-state index contributed by atoms with van der Waals surface area (Å²) in [5.41, 5.74) is 2.10. The second-order valence-electron chi connectivity index (χ2n) is 4.61. The number of aromatic nitrogens is 2. The molecular weight excluding hydrogens is 332 g/mol. The smallest absolute Gasteiger partial charge is 0.254 e. The second-order valence-corrected chi connectivity index (χ2v) is 5.53. The van der Waals surface area contributed by atoms with Crippen molar-refractivity contribution < 1.29 is 9.15 Å². The third-order valence-corrected chi connectivity index (χ3v) is 3.42. The molecule has 0 spiro atoms. The zero-order valence-corrected chi connectivity index (χ0v) is 13.0. The standard InChI is InChI=1S/C16H13BrN2O2/c1-11-5-7-12(8-6-11)16-19-18-15(21-16)10-20-14-4-2-3-13(17)9-14/h2-9H,10H2,1H3. The minimum absolute atomic E-state index is 0.245. The minimum atomic E-state index is 0.245. The van der Waals surface area contributed by atoms with Crippen LogP contribution in [-0.2, 0) is 6.61 Å². The van der Waals surface area contributed by atoms with E-state index in [1.54, 1.807) is 0 Å². The molecule has 2 aromatic carbocycles. The lowest BCUT2D eigenvalue weighted by molar-refractivity contribution is 0.264. The number of aryl methyl sites for hydroxylation is 1. The Labute approximate surface area is 130 Å². The number of hydrogen-bond donors (Lipinski definition) is 0. The third-order valence-electron chi connectivity index (χ3n) is 2.92. The van der Waals surface area contributed by atoms with Crippen LogP contribution in [0.4, 0.5) is 0 Å². The molecule has 0 radical (unpaired) electrons. The van der Waals surface area contributed by atoms with Crippen LogP contribution in [-0.4, -0.2) is 10.2 Å². The van der Waals surface area contributed by atoms with E-state index in [2.05, 4.69) is 26.1 Å². The van der Waals surface area contributed by atoms with E-state index in [1.807, 2.05) is 55.5 Å². The highest BCUT2D eigenvalue weighted by molar-refractivity contribution is 9.10. The average molecular weight is 345 g/mol. The van der Waals surface area contributed by atoms with Crippen molar-refractivity contribution in [3.05, 3.63) is 64.5 Å². The van der Waals surface area contributed by atoms with Crippen molar-refractivity contribution in [3.8, 4) is 17.2 Å². The molecule has 0 unspecified atom stereocenters. The lowest BCUT2D eigenvalue weighted by Gasteiger charge is -2.02. The zero-order chi connectivity index (χ0) is 14.7. The first kappa shape index (κ1) is 13.8. The Hall–Kier alpha value is -2.14. The number of benzene rings is 2. The van der Waals surface area contributed by atoms with E-state index in [0.29, 0.717) is 11.8 Å². The molecule has 0 aliphatic carbocycles. The fraction of sp³-hybridized carbons (Fsp3) is 0.125. The first-order valence-electron chi connectivity index (χ1n) is 6.48. The molecule has 0 amide bonds. The largest absolute Gasteiger partial charge is 0.484 e. The number of nitrogens with zero attached hydrogens (tertiary/aromatic N) is 2. The second kappa shape index (κ2) is 6.10. The summed E-state index contributed by atoms with van der Waals surface area (Å²) in [4.78, 5) is 0. The first-order valence-corrected chi connectivity index (χ1v) is 7.28. The predicted octanol–water partition coefficient (Wildman–Crippen LogP) is 4.39. The van der Waals surface area contributed by atoms with Gasteiger partial charge in [0.25, 0.3) is 5.89 Å². The molecule has 4 nitrogen and oxygen atoms in total. The van der Waals surface area contributed by atoms with Crippen LogP contribution in [0.1, 0.15) is 11.5 Å². The van der Waals surface area contributed by atoms with Crippen LogP contribution in [0.15, 0.2) is 57.4 Å². The van der Waals surface area contributed by atoms with Crippen molar-refractivity contribution in [1.29, 1.82) is 0 Å². The molecule has 0 bridgehead atoms. The average Bonchev–Trinajstić information content (AvgIpc) is 2.95. The molecule has 3 rings (SSSR count). The van der Waals surface area contributed by atoms with Gasteiger partial charge in [-0.2, -0.15) is 0 Å². The predicted molar refractivity (Wildman–Crippen MR) is 82.9 cm³/mol. The van der Waals surface area contributed by atoms with Crippen LogP contribution < -0.4 is 4.74 Å². The Bertz CT molecular complexity index is 738. The van der Waals surface area contributed by atoms with Crippen LogP contribution >= 0.6 is 15.9 Å². The molecule has 1 aromatic heterocycles. The van der Waals surface area contributed by atoms with Gasteiger partial charge in [0.2, 0.25) is 5.89 Å². The normalized spacial score (nSPS) is 10.6. The van der Waals surface area contributed by atoms with Gasteiger partial charge < -0.3 is 9.15 Å². The summed E-state index contributed by atoms with van der Waals surface area (Å²) < 4.78 is 12.2. The number of rotatable bonds is 4. The van der Waals surface area contributed by atoms with Crippen molar-refractivity contribution >= 4 is 15.9 Å². The number of hydrogen-bond acceptors (Lipinski definition) is 4. The molecule has 0 aliphatic rings. The maximum Gasteiger partial charge on any atom is 0.254 e. The van der Waals surface area contributed by atoms with Gasteiger partial charge in [-0.15, -0.1) is 10.2 Å². The van der Waals surface area contributed by atoms with E-state index in [1.165, 1.54) is 5.56 Å². The van der Waals surface area contributed by atoms with Crippen molar-refractivity contribution in [2.24, 2.45) is 0 Å². The van der Waals surface area contributed by atoms with Gasteiger partial charge in [-0.05, 0) is 37.3 Å². The van der Waals surface area contributed by atoms with Gasteiger partial charge in [-0.3, -0.25) is 0 Å². The van der Waals surface area contributed by atoms with Gasteiger partial charge in [0.15, 0.2) is 6.61 Å². The Morgan fingerprint density at radius 1 is 1.10 bits per heavy atom. The van der Waals surface area contributed by atoms with Gasteiger partial charge in [0.05, 0.1) is 0 Å². The van der Waals surface area contributed by atoms with Gasteiger partial charge >= 0.3 is 0 Å². The molecule has 5 heteroatoms. The summed E-state index contributed by atoms with van der Waals surface area (Å²) in [7, 11) is 0. The quantitative estimate of drug-likeness (QED) is 0.704.